The number of rotatable bonds is 14. The Morgan fingerprint density at radius 1 is 0.230 bits per heavy atom. The molecule has 0 heterocycles. The summed E-state index contributed by atoms with van der Waals surface area (Å²) in [7, 11) is 1.41. The first-order valence-corrected chi connectivity index (χ1v) is 52.0. The lowest BCUT2D eigenvalue weighted by Gasteiger charge is -2.30. The van der Waals surface area contributed by atoms with Gasteiger partial charge in [0.2, 0.25) is 11.8 Å². The van der Waals surface area contributed by atoms with E-state index in [1.54, 1.807) is 0 Å². The summed E-state index contributed by atoms with van der Waals surface area (Å²) in [5.74, 6) is 0.458. The predicted octanol–water partition coefficient (Wildman–Crippen LogP) is 29.7. The molecule has 0 aliphatic carbocycles. The van der Waals surface area contributed by atoms with E-state index in [-0.39, 0.29) is 127 Å². The summed E-state index contributed by atoms with van der Waals surface area (Å²) in [6, 6.07) is 29.2. The molecule has 0 aromatic heterocycles. The lowest BCUT2D eigenvalue weighted by molar-refractivity contribution is -0.168. The summed E-state index contributed by atoms with van der Waals surface area (Å²) in [6.45, 7) is 109. The number of aryl methyl sites for hydroxylation is 7. The SMILES string of the molecule is CC(=O)NCNC(C)=O.CC(=O)OCC(COC(C)=O)(COC(C)=O)COC(C)=O.COC(=O)CCCc1cc(C(C)(C)C)c(O)c(C(C)(C)C)c1.Cc1cc(C(C)(C)C)c(O)c(C(C)(C)C)c1.Cc1cc(C(C)(C)C)c(O)c(C(C)(C)C)c1.Cc1cc(C(C)(C)C)c(O)c(C(C)(C)C)c1.Cc1cc(C(C)(C)C)c(O)c(C(C)(C)C)c1.Cc1cc(C(C)(C)C)c(O)c(C(C)(C)C)c1.Cc1cc(C(C)(C)C)c(O)c(C(C)(C)C)c1. The smallest absolute Gasteiger partial charge is 0.305 e. The Morgan fingerprint density at radius 2 is 0.358 bits per heavy atom. The van der Waals surface area contributed by atoms with Crippen LogP contribution < -0.4 is 10.6 Å². The molecular formula is C127H204N2O19. The van der Waals surface area contributed by atoms with E-state index in [4.69, 9.17) is 18.9 Å². The van der Waals surface area contributed by atoms with Crippen molar-refractivity contribution in [2.24, 2.45) is 5.41 Å². The molecule has 7 aromatic rings. The minimum Gasteiger partial charge on any atom is -0.507 e. The molecule has 0 saturated carbocycles. The van der Waals surface area contributed by atoms with Crippen molar-refractivity contribution in [2.75, 3.05) is 40.2 Å². The van der Waals surface area contributed by atoms with Crippen molar-refractivity contribution in [3.05, 3.63) is 202 Å². The van der Waals surface area contributed by atoms with Crippen LogP contribution in [0.2, 0.25) is 0 Å². The quantitative estimate of drug-likeness (QED) is 0.0277. The molecule has 21 nitrogen and oxygen atoms in total. The van der Waals surface area contributed by atoms with Crippen molar-refractivity contribution in [3.8, 4) is 40.2 Å². The third-order valence-electron chi connectivity index (χ3n) is 24.1. The van der Waals surface area contributed by atoms with E-state index in [0.29, 0.717) is 46.7 Å². The maximum absolute atomic E-state index is 11.2. The van der Waals surface area contributed by atoms with Crippen molar-refractivity contribution in [3.63, 3.8) is 0 Å². The maximum Gasteiger partial charge on any atom is 0.305 e. The van der Waals surface area contributed by atoms with Crippen molar-refractivity contribution in [1.82, 2.24) is 10.6 Å². The van der Waals surface area contributed by atoms with Crippen LogP contribution in [0.1, 0.15) is 462 Å². The predicted molar refractivity (Wildman–Crippen MR) is 613 cm³/mol. The van der Waals surface area contributed by atoms with Crippen LogP contribution in [0.4, 0.5) is 0 Å². The molecule has 9 N–H and O–H groups in total. The molecule has 7 rings (SSSR count). The molecule has 148 heavy (non-hydrogen) atoms. The van der Waals surface area contributed by atoms with Crippen molar-refractivity contribution in [2.45, 2.75) is 469 Å². The van der Waals surface area contributed by atoms with Gasteiger partial charge in [-0.2, -0.15) is 0 Å². The highest BCUT2D eigenvalue weighted by Gasteiger charge is 2.39. The molecular weight excluding hydrogens is 1860 g/mol. The fourth-order valence-electron chi connectivity index (χ4n) is 15.6. The molecule has 0 spiro atoms. The molecule has 2 amide bonds. The van der Waals surface area contributed by atoms with Crippen molar-refractivity contribution >= 4 is 41.7 Å². The minimum atomic E-state index is -1.14. The largest absolute Gasteiger partial charge is 0.507 e. The Morgan fingerprint density at radius 3 is 0.466 bits per heavy atom. The lowest BCUT2D eigenvalue weighted by Crippen LogP contribution is -2.43. The van der Waals surface area contributed by atoms with Gasteiger partial charge in [0.1, 0.15) is 72.1 Å². The van der Waals surface area contributed by atoms with Crippen LogP contribution in [0.3, 0.4) is 0 Å². The first-order valence-electron chi connectivity index (χ1n) is 52.0. The van der Waals surface area contributed by atoms with Crippen LogP contribution in [-0.4, -0.2) is 118 Å². The second kappa shape index (κ2) is 54.9. The van der Waals surface area contributed by atoms with E-state index in [2.05, 4.69) is 433 Å². The number of hydrogen-bond acceptors (Lipinski definition) is 19. The first kappa shape index (κ1) is 139. The van der Waals surface area contributed by atoms with E-state index in [1.807, 2.05) is 0 Å². The standard InChI is InChI=1S/C19H30O3.6C15H24O.C13H20O8.C5H10N2O2/c1-18(2,3)14-11-13(9-8-10-16(20)22-7)12-15(17(14)21)19(4,5)6;6*1-10-8-11(14(2,3)4)13(16)12(9-10)15(5,6)7;1-9(14)18-5-13(6-19-10(2)15,7-20-11(3)16)8-21-12(4)17;1-4(8)6-3-7-5(2)9/h11-12,21H,8-10H2,1-7H3;6*8-9,16H,1-7H3;5-8H2,1-4H3;3H2,1-2H3,(H,6,8)(H,7,9). The summed E-state index contributed by atoms with van der Waals surface area (Å²) in [4.78, 5) is 75.4. The van der Waals surface area contributed by atoms with Gasteiger partial charge in [-0.15, -0.1) is 0 Å². The second-order valence-corrected chi connectivity index (χ2v) is 54.5. The molecule has 0 aliphatic heterocycles. The van der Waals surface area contributed by atoms with Gasteiger partial charge in [0.25, 0.3) is 0 Å². The number of benzene rings is 7. The fraction of sp³-hybridized carbons (Fsp3) is 0.614. The zero-order valence-electron chi connectivity index (χ0n) is 103. The molecule has 0 aliphatic rings. The van der Waals surface area contributed by atoms with Gasteiger partial charge < -0.3 is 70.1 Å². The van der Waals surface area contributed by atoms with Crippen LogP contribution in [-0.2, 0) is 139 Å². The number of hydrogen-bond donors (Lipinski definition) is 9. The average Bonchev–Trinajstić information content (AvgIpc) is 0.744. The number of phenolic OH excluding ortho intramolecular Hbond substituents is 7. The Labute approximate surface area is 896 Å². The minimum absolute atomic E-state index is 0.0178. The number of esters is 5. The van der Waals surface area contributed by atoms with Crippen LogP contribution in [0.5, 0.6) is 40.2 Å². The van der Waals surface area contributed by atoms with Crippen LogP contribution in [0, 0.1) is 47.0 Å². The van der Waals surface area contributed by atoms with Gasteiger partial charge in [-0.25, -0.2) is 0 Å². The van der Waals surface area contributed by atoms with E-state index in [9.17, 15) is 69.3 Å². The highest BCUT2D eigenvalue weighted by atomic mass is 16.6. The van der Waals surface area contributed by atoms with Crippen molar-refractivity contribution in [1.29, 1.82) is 0 Å². The Kier molecular flexibility index (Phi) is 51.8. The molecule has 7 aromatic carbocycles. The van der Waals surface area contributed by atoms with E-state index >= 15 is 0 Å². The highest BCUT2D eigenvalue weighted by molar-refractivity contribution is 5.75. The van der Waals surface area contributed by atoms with Crippen LogP contribution in [0.15, 0.2) is 84.9 Å². The molecule has 836 valence electrons. The van der Waals surface area contributed by atoms with Crippen molar-refractivity contribution < 1.29 is 93.0 Å². The number of amides is 2. The van der Waals surface area contributed by atoms with E-state index in [1.165, 1.54) is 82.0 Å². The topological polar surface area (TPSA) is 331 Å². The van der Waals surface area contributed by atoms with Gasteiger partial charge in [-0.05, 0) is 214 Å². The number of ether oxygens (including phenoxy) is 5. The molecule has 0 atom stereocenters. The maximum atomic E-state index is 11.2. The molecule has 0 unspecified atom stereocenters. The molecule has 0 saturated heterocycles. The van der Waals surface area contributed by atoms with Gasteiger partial charge in [-0.3, -0.25) is 33.6 Å². The van der Waals surface area contributed by atoms with Gasteiger partial charge in [-0.1, -0.05) is 409 Å². The van der Waals surface area contributed by atoms with E-state index < -0.39 is 29.3 Å². The lowest BCUT2D eigenvalue weighted by atomic mass is 9.78. The fourth-order valence-corrected chi connectivity index (χ4v) is 15.6. The summed E-state index contributed by atoms with van der Waals surface area (Å²) in [5.41, 5.74) is 21.3. The molecule has 0 bridgehead atoms. The first-order chi connectivity index (χ1) is 65.9. The Bertz CT molecular complexity index is 4580. The van der Waals surface area contributed by atoms with Crippen LogP contribution in [0.25, 0.3) is 0 Å². The third-order valence-corrected chi connectivity index (χ3v) is 24.1. The number of aromatic hydroxyl groups is 7. The number of phenols is 7. The summed E-state index contributed by atoms with van der Waals surface area (Å²) >= 11 is 0. The number of carbonyl (C=O) groups excluding carboxylic acids is 7. The number of carbonyl (C=O) groups is 7. The van der Waals surface area contributed by atoms with Gasteiger partial charge >= 0.3 is 29.8 Å². The van der Waals surface area contributed by atoms with Gasteiger partial charge in [0, 0.05) is 48.0 Å². The zero-order valence-corrected chi connectivity index (χ0v) is 103. The number of nitrogens with one attached hydrogen (secondary N) is 2. The van der Waals surface area contributed by atoms with Gasteiger partial charge in [0.05, 0.1) is 13.8 Å². The Balaban J connectivity index is 0. The normalized spacial score (nSPS) is 12.2. The summed E-state index contributed by atoms with van der Waals surface area (Å²) in [5, 5.41) is 77.8. The van der Waals surface area contributed by atoms with Gasteiger partial charge in [0.15, 0.2) is 0 Å². The van der Waals surface area contributed by atoms with E-state index in [0.717, 1.165) is 96.3 Å². The second-order valence-electron chi connectivity index (χ2n) is 54.5. The molecule has 0 fully saturated rings. The monoisotopic (exact) mass is 2060 g/mol. The molecule has 0 radical (unpaired) electrons. The number of methoxy groups -OCH3 is 1. The molecule has 21 heteroatoms. The third kappa shape index (κ3) is 49.0. The zero-order chi connectivity index (χ0) is 117. The van der Waals surface area contributed by atoms with Crippen LogP contribution >= 0.6 is 0 Å². The average molecular weight is 2060 g/mol. The Hall–Kier alpha value is -10.6. The highest BCUT2D eigenvalue weighted by Crippen LogP contribution is 2.48. The summed E-state index contributed by atoms with van der Waals surface area (Å²) < 4.78 is 24.3. The summed E-state index contributed by atoms with van der Waals surface area (Å²) in [6.07, 6.45) is 1.99.